The van der Waals surface area contributed by atoms with Gasteiger partial charge in [0.05, 0.1) is 23.4 Å². The Morgan fingerprint density at radius 2 is 1.79 bits per heavy atom. The molecular weight excluding hydrogens is 401 g/mol. The van der Waals surface area contributed by atoms with Gasteiger partial charge >= 0.3 is 12.1 Å². The normalized spacial score (nSPS) is 12.2. The lowest BCUT2D eigenvalue weighted by Gasteiger charge is -2.16. The summed E-state index contributed by atoms with van der Waals surface area (Å²) in [5.74, 6) is -1.50. The van der Waals surface area contributed by atoms with Crippen molar-refractivity contribution in [3.63, 3.8) is 0 Å². The zero-order valence-electron chi connectivity index (χ0n) is 14.8. The molecule has 3 N–H and O–H groups in total. The van der Waals surface area contributed by atoms with Gasteiger partial charge in [-0.15, -0.1) is 0 Å². The zero-order valence-corrected chi connectivity index (χ0v) is 15.5. The maximum atomic E-state index is 12.6. The quantitative estimate of drug-likeness (QED) is 0.565. The van der Waals surface area contributed by atoms with E-state index in [0.717, 1.165) is 24.3 Å². The van der Waals surface area contributed by atoms with Crippen molar-refractivity contribution in [2.75, 3.05) is 18.2 Å². The van der Waals surface area contributed by atoms with Gasteiger partial charge in [0, 0.05) is 11.8 Å². The number of carbonyl (C=O) groups excluding carboxylic acids is 2. The molecule has 0 spiro atoms. The monoisotopic (exact) mass is 416 g/mol. The van der Waals surface area contributed by atoms with E-state index in [2.05, 4.69) is 5.32 Å². The van der Waals surface area contributed by atoms with E-state index < -0.39 is 29.7 Å². The number of nitrogens with two attached hydrogens (primary N) is 1. The van der Waals surface area contributed by atoms with E-state index >= 15 is 0 Å². The Hall–Kier alpha value is -2.94. The van der Waals surface area contributed by atoms with Crippen molar-refractivity contribution in [2.45, 2.75) is 19.2 Å². The third-order valence-corrected chi connectivity index (χ3v) is 4.00. The van der Waals surface area contributed by atoms with E-state index in [1.165, 1.54) is 26.2 Å². The van der Waals surface area contributed by atoms with Gasteiger partial charge in [0.15, 0.2) is 6.10 Å². The molecule has 1 unspecified atom stereocenters. The van der Waals surface area contributed by atoms with Gasteiger partial charge < -0.3 is 20.5 Å². The van der Waals surface area contributed by atoms with Crippen molar-refractivity contribution >= 4 is 34.9 Å². The lowest BCUT2D eigenvalue weighted by atomic mass is 10.1. The van der Waals surface area contributed by atoms with E-state index in [1.807, 2.05) is 0 Å². The molecule has 0 fully saturated rings. The van der Waals surface area contributed by atoms with Gasteiger partial charge in [-0.05, 0) is 37.3 Å². The molecule has 2 aromatic rings. The lowest BCUT2D eigenvalue weighted by Crippen LogP contribution is -2.30. The number of methoxy groups -OCH3 is 1. The molecule has 150 valence electrons. The number of alkyl halides is 3. The van der Waals surface area contributed by atoms with E-state index in [0.29, 0.717) is 0 Å². The first-order valence-corrected chi connectivity index (χ1v) is 8.23. The molecule has 0 heterocycles. The largest absolute Gasteiger partial charge is 0.496 e. The second-order valence-corrected chi connectivity index (χ2v) is 6.09. The number of nitrogen functional groups attached to an aromatic ring is 1. The minimum atomic E-state index is -4.48. The SMILES string of the molecule is COc1cc(N)c(Cl)cc1C(=O)OC(C)C(=O)Nc1ccc(C(F)(F)F)cc1. The van der Waals surface area contributed by atoms with E-state index in [4.69, 9.17) is 26.8 Å². The Kier molecular flexibility index (Phi) is 6.40. The zero-order chi connectivity index (χ0) is 21.1. The highest BCUT2D eigenvalue weighted by Gasteiger charge is 2.30. The van der Waals surface area contributed by atoms with Crippen LogP contribution in [0.4, 0.5) is 24.5 Å². The van der Waals surface area contributed by atoms with Crippen LogP contribution >= 0.6 is 11.6 Å². The first-order valence-electron chi connectivity index (χ1n) is 7.85. The minimum absolute atomic E-state index is 0.0316. The highest BCUT2D eigenvalue weighted by molar-refractivity contribution is 6.33. The van der Waals surface area contributed by atoms with Crippen molar-refractivity contribution in [1.82, 2.24) is 0 Å². The van der Waals surface area contributed by atoms with E-state index in [9.17, 15) is 22.8 Å². The molecule has 2 rings (SSSR count). The fraction of sp³-hybridized carbons (Fsp3) is 0.222. The average Bonchev–Trinajstić information content (AvgIpc) is 2.63. The van der Waals surface area contributed by atoms with Gasteiger partial charge in [-0.25, -0.2) is 4.79 Å². The summed E-state index contributed by atoms with van der Waals surface area (Å²) in [7, 11) is 1.32. The van der Waals surface area contributed by atoms with E-state index in [-0.39, 0.29) is 27.7 Å². The van der Waals surface area contributed by atoms with Crippen LogP contribution in [0.5, 0.6) is 5.75 Å². The highest BCUT2D eigenvalue weighted by Crippen LogP contribution is 2.31. The summed E-state index contributed by atoms with van der Waals surface area (Å²) in [5.41, 5.74) is 5.08. The van der Waals surface area contributed by atoms with Crippen molar-refractivity contribution in [1.29, 1.82) is 0 Å². The van der Waals surface area contributed by atoms with Crippen LogP contribution in [0.1, 0.15) is 22.8 Å². The first kappa shape index (κ1) is 21.4. The van der Waals surface area contributed by atoms with Gasteiger partial charge in [-0.3, -0.25) is 4.79 Å². The van der Waals surface area contributed by atoms with Gasteiger partial charge in [0.1, 0.15) is 11.3 Å². The molecule has 10 heteroatoms. The average molecular weight is 417 g/mol. The van der Waals surface area contributed by atoms with Crippen molar-refractivity contribution < 1.29 is 32.2 Å². The number of hydrogen-bond donors (Lipinski definition) is 2. The predicted octanol–water partition coefficient (Wildman–Crippen LogP) is 4.13. The summed E-state index contributed by atoms with van der Waals surface area (Å²) >= 11 is 5.89. The maximum Gasteiger partial charge on any atom is 0.416 e. The molecule has 1 amide bonds. The second-order valence-electron chi connectivity index (χ2n) is 5.69. The second kappa shape index (κ2) is 8.39. The number of carbonyl (C=O) groups is 2. The molecule has 0 radical (unpaired) electrons. The number of benzene rings is 2. The summed E-state index contributed by atoms with van der Waals surface area (Å²) in [5, 5.41) is 2.47. The lowest BCUT2D eigenvalue weighted by molar-refractivity contribution is -0.137. The topological polar surface area (TPSA) is 90.7 Å². The number of ether oxygens (including phenoxy) is 2. The van der Waals surface area contributed by atoms with Crippen LogP contribution < -0.4 is 15.8 Å². The highest BCUT2D eigenvalue weighted by atomic mass is 35.5. The van der Waals surface area contributed by atoms with Crippen LogP contribution in [-0.4, -0.2) is 25.1 Å². The van der Waals surface area contributed by atoms with Gasteiger partial charge in [0.25, 0.3) is 5.91 Å². The fourth-order valence-electron chi connectivity index (χ4n) is 2.16. The van der Waals surface area contributed by atoms with Gasteiger partial charge in [-0.1, -0.05) is 11.6 Å². The maximum absolute atomic E-state index is 12.6. The van der Waals surface area contributed by atoms with Crippen molar-refractivity contribution in [2.24, 2.45) is 0 Å². The Morgan fingerprint density at radius 1 is 1.18 bits per heavy atom. The number of esters is 1. The molecule has 0 bridgehead atoms. The molecular formula is C18H16ClF3N2O4. The van der Waals surface area contributed by atoms with Gasteiger partial charge in [0.2, 0.25) is 0 Å². The smallest absolute Gasteiger partial charge is 0.416 e. The predicted molar refractivity (Wildman–Crippen MR) is 97.4 cm³/mol. The number of hydrogen-bond acceptors (Lipinski definition) is 5. The summed E-state index contributed by atoms with van der Waals surface area (Å²) in [6.07, 6.45) is -5.72. The Bertz CT molecular complexity index is 886. The Morgan fingerprint density at radius 3 is 2.32 bits per heavy atom. The molecule has 0 aliphatic heterocycles. The standard InChI is InChI=1S/C18H16ClF3N2O4/c1-9(16(25)24-11-5-3-10(4-6-11)18(20,21)22)28-17(26)12-7-13(19)14(23)8-15(12)27-2/h3-9H,23H2,1-2H3,(H,24,25). The third kappa shape index (κ3) is 5.07. The number of rotatable bonds is 5. The number of halogens is 4. The molecule has 6 nitrogen and oxygen atoms in total. The summed E-state index contributed by atoms with van der Waals surface area (Å²) in [6, 6.07) is 6.43. The molecule has 0 aliphatic carbocycles. The van der Waals surface area contributed by atoms with E-state index in [1.54, 1.807) is 0 Å². The molecule has 0 aliphatic rings. The molecule has 28 heavy (non-hydrogen) atoms. The minimum Gasteiger partial charge on any atom is -0.496 e. The Labute approximate surface area is 163 Å². The molecule has 2 aromatic carbocycles. The number of anilines is 2. The number of amides is 1. The van der Waals surface area contributed by atoms with Crippen molar-refractivity contribution in [3.8, 4) is 5.75 Å². The third-order valence-electron chi connectivity index (χ3n) is 3.67. The van der Waals surface area contributed by atoms with Crippen LogP contribution in [0.3, 0.4) is 0 Å². The first-order chi connectivity index (χ1) is 13.0. The summed E-state index contributed by atoms with van der Waals surface area (Å²) in [6.45, 7) is 1.31. The van der Waals surface area contributed by atoms with Crippen LogP contribution in [0.25, 0.3) is 0 Å². The molecule has 0 saturated heterocycles. The van der Waals surface area contributed by atoms with Crippen LogP contribution in [0.15, 0.2) is 36.4 Å². The summed E-state index contributed by atoms with van der Waals surface area (Å²) in [4.78, 5) is 24.5. The molecule has 0 saturated carbocycles. The summed E-state index contributed by atoms with van der Waals surface area (Å²) < 4.78 is 47.8. The fourth-order valence-corrected chi connectivity index (χ4v) is 2.33. The molecule has 0 aromatic heterocycles. The van der Waals surface area contributed by atoms with Crippen LogP contribution in [0, 0.1) is 0 Å². The number of nitrogens with one attached hydrogen (secondary N) is 1. The Balaban J connectivity index is 2.06. The molecule has 1 atom stereocenters. The van der Waals surface area contributed by atoms with Gasteiger partial charge in [-0.2, -0.15) is 13.2 Å². The van der Waals surface area contributed by atoms with Crippen molar-refractivity contribution in [3.05, 3.63) is 52.5 Å². The van der Waals surface area contributed by atoms with Crippen LogP contribution in [0.2, 0.25) is 5.02 Å². The van der Waals surface area contributed by atoms with Crippen LogP contribution in [-0.2, 0) is 15.7 Å².